The normalized spacial score (nSPS) is 23.7. The van der Waals surface area contributed by atoms with Gasteiger partial charge in [0.05, 0.1) is 24.3 Å². The number of nitrogens with one attached hydrogen (secondary N) is 1. The van der Waals surface area contributed by atoms with Gasteiger partial charge in [-0.25, -0.2) is 9.78 Å². The highest BCUT2D eigenvalue weighted by atomic mass is 16.5. The number of likely N-dealkylation sites (tertiary alicyclic amines) is 2. The SMILES string of the molecule is O=C(c1cnc(OC2CCOCC2)c(C2CC2)c1)N1C[C@@H]2CN(C(=O)c3ccc4[nH]c(=O)oc4c3)C[C@H]2C1. The number of aromatic nitrogens is 2. The zero-order valence-electron chi connectivity index (χ0n) is 21.1. The third-order valence-electron chi connectivity index (χ3n) is 8.32. The molecule has 1 N–H and O–H groups in total. The molecule has 38 heavy (non-hydrogen) atoms. The number of rotatable bonds is 5. The topological polar surface area (TPSA) is 118 Å². The zero-order chi connectivity index (χ0) is 25.8. The fourth-order valence-electron chi connectivity index (χ4n) is 6.09. The smallest absolute Gasteiger partial charge is 0.417 e. The van der Waals surface area contributed by atoms with Crippen LogP contribution in [0.4, 0.5) is 0 Å². The van der Waals surface area contributed by atoms with E-state index in [1.807, 2.05) is 15.9 Å². The highest BCUT2D eigenvalue weighted by Gasteiger charge is 2.43. The molecule has 0 spiro atoms. The highest BCUT2D eigenvalue weighted by molar-refractivity contribution is 5.97. The first-order valence-corrected chi connectivity index (χ1v) is 13.5. The molecule has 1 aromatic carbocycles. The van der Waals surface area contributed by atoms with Gasteiger partial charge in [0.25, 0.3) is 11.8 Å². The fraction of sp³-hybridized carbons (Fsp3) is 0.500. The van der Waals surface area contributed by atoms with Gasteiger partial charge in [-0.1, -0.05) is 0 Å². The Bertz CT molecular complexity index is 1440. The average molecular weight is 519 g/mol. The molecule has 2 atom stereocenters. The molecule has 1 saturated carbocycles. The van der Waals surface area contributed by atoms with Crippen LogP contribution in [0, 0.1) is 11.8 Å². The summed E-state index contributed by atoms with van der Waals surface area (Å²) in [6.07, 6.45) is 5.69. The Morgan fingerprint density at radius 3 is 2.29 bits per heavy atom. The van der Waals surface area contributed by atoms with Crippen molar-refractivity contribution in [2.75, 3.05) is 39.4 Å². The molecule has 5 heterocycles. The molecule has 1 aliphatic carbocycles. The molecule has 198 valence electrons. The number of carbonyl (C=O) groups excluding carboxylic acids is 2. The minimum atomic E-state index is -0.536. The standard InChI is InChI=1S/C28H30N4O6/c33-26(17-3-4-23-24(10-17)38-28(35)30-23)31-12-19-14-32(15-20(19)13-31)27(34)18-9-22(16-1-2-16)25(29-11-18)37-21-5-7-36-8-6-21/h3-4,9-11,16,19-21H,1-2,5-8,12-15H2,(H,30,35)/t19-,20-/m0/s1. The van der Waals surface area contributed by atoms with Crippen molar-refractivity contribution in [3.05, 3.63) is 57.7 Å². The van der Waals surface area contributed by atoms with E-state index in [9.17, 15) is 14.4 Å². The van der Waals surface area contributed by atoms with Gasteiger partial charge < -0.3 is 23.7 Å². The summed E-state index contributed by atoms with van der Waals surface area (Å²) in [4.78, 5) is 49.0. The molecule has 10 heteroatoms. The van der Waals surface area contributed by atoms with Crippen molar-refractivity contribution in [3.63, 3.8) is 0 Å². The van der Waals surface area contributed by atoms with E-state index in [1.54, 1.807) is 24.4 Å². The molecular formula is C28H30N4O6. The van der Waals surface area contributed by atoms with E-state index in [0.717, 1.165) is 31.2 Å². The van der Waals surface area contributed by atoms with Crippen LogP contribution in [0.5, 0.6) is 5.88 Å². The van der Waals surface area contributed by atoms with Gasteiger partial charge in [0, 0.05) is 68.2 Å². The van der Waals surface area contributed by atoms with Crippen LogP contribution in [0.3, 0.4) is 0 Å². The second kappa shape index (κ2) is 9.27. The molecular weight excluding hydrogens is 488 g/mol. The van der Waals surface area contributed by atoms with Crippen molar-refractivity contribution < 1.29 is 23.5 Å². The Hall–Kier alpha value is -3.66. The number of H-pyrrole nitrogens is 1. The Morgan fingerprint density at radius 1 is 0.921 bits per heavy atom. The second-order valence-electron chi connectivity index (χ2n) is 11.0. The van der Waals surface area contributed by atoms with Gasteiger partial charge >= 0.3 is 5.76 Å². The van der Waals surface area contributed by atoms with Crippen molar-refractivity contribution in [1.29, 1.82) is 0 Å². The number of pyridine rings is 1. The van der Waals surface area contributed by atoms with E-state index >= 15 is 0 Å². The van der Waals surface area contributed by atoms with Crippen molar-refractivity contribution >= 4 is 22.9 Å². The van der Waals surface area contributed by atoms with Crippen LogP contribution in [0.25, 0.3) is 11.1 Å². The van der Waals surface area contributed by atoms with Crippen molar-refractivity contribution in [1.82, 2.24) is 19.8 Å². The molecule has 0 unspecified atom stereocenters. The number of oxazole rings is 1. The van der Waals surface area contributed by atoms with Crippen LogP contribution < -0.4 is 10.5 Å². The van der Waals surface area contributed by atoms with Gasteiger partial charge in [0.2, 0.25) is 5.88 Å². The summed E-state index contributed by atoms with van der Waals surface area (Å²) < 4.78 is 16.8. The van der Waals surface area contributed by atoms with Crippen molar-refractivity contribution in [2.45, 2.75) is 37.7 Å². The van der Waals surface area contributed by atoms with Crippen molar-refractivity contribution in [2.24, 2.45) is 11.8 Å². The second-order valence-corrected chi connectivity index (χ2v) is 11.0. The monoisotopic (exact) mass is 518 g/mol. The lowest BCUT2D eigenvalue weighted by Crippen LogP contribution is -2.35. The number of ether oxygens (including phenoxy) is 2. The molecule has 7 rings (SSSR count). The maximum Gasteiger partial charge on any atom is 0.417 e. The summed E-state index contributed by atoms with van der Waals surface area (Å²) in [6.45, 7) is 3.87. The lowest BCUT2D eigenvalue weighted by Gasteiger charge is -2.24. The maximum absolute atomic E-state index is 13.4. The average Bonchev–Trinajstić information content (AvgIpc) is 3.41. The number of carbonyl (C=O) groups is 2. The third kappa shape index (κ3) is 4.36. The van der Waals surface area contributed by atoms with E-state index < -0.39 is 5.76 Å². The molecule has 3 aromatic rings. The van der Waals surface area contributed by atoms with E-state index in [1.165, 1.54) is 0 Å². The van der Waals surface area contributed by atoms with Crippen molar-refractivity contribution in [3.8, 4) is 5.88 Å². The van der Waals surface area contributed by atoms with E-state index in [4.69, 9.17) is 13.9 Å². The summed E-state index contributed by atoms with van der Waals surface area (Å²) >= 11 is 0. The van der Waals surface area contributed by atoms with Gasteiger partial charge in [-0.15, -0.1) is 0 Å². The lowest BCUT2D eigenvalue weighted by atomic mass is 10.0. The molecule has 0 bridgehead atoms. The van der Waals surface area contributed by atoms with Gasteiger partial charge in [-0.05, 0) is 43.0 Å². The Morgan fingerprint density at radius 2 is 1.61 bits per heavy atom. The molecule has 2 amide bonds. The minimum absolute atomic E-state index is 0.00256. The lowest BCUT2D eigenvalue weighted by molar-refractivity contribution is 0.0233. The zero-order valence-corrected chi connectivity index (χ0v) is 21.1. The largest absolute Gasteiger partial charge is 0.474 e. The van der Waals surface area contributed by atoms with Crippen LogP contribution in [0.1, 0.15) is 57.9 Å². The van der Waals surface area contributed by atoms with Gasteiger partial charge in [-0.2, -0.15) is 0 Å². The quantitative estimate of drug-likeness (QED) is 0.552. The van der Waals surface area contributed by atoms with Crippen LogP contribution in [0.2, 0.25) is 0 Å². The summed E-state index contributed by atoms with van der Waals surface area (Å²) in [5, 5.41) is 0. The number of amides is 2. The van der Waals surface area contributed by atoms with Crippen LogP contribution >= 0.6 is 0 Å². The maximum atomic E-state index is 13.4. The summed E-state index contributed by atoms with van der Waals surface area (Å²) in [7, 11) is 0. The Kier molecular flexibility index (Phi) is 5.72. The van der Waals surface area contributed by atoms with Crippen LogP contribution in [-0.2, 0) is 4.74 Å². The predicted molar refractivity (Wildman–Crippen MR) is 136 cm³/mol. The first-order valence-electron chi connectivity index (χ1n) is 13.5. The Labute approximate surface area is 218 Å². The first kappa shape index (κ1) is 23.5. The summed E-state index contributed by atoms with van der Waals surface area (Å²) in [5.41, 5.74) is 3.10. The number of benzene rings is 1. The highest BCUT2D eigenvalue weighted by Crippen LogP contribution is 2.44. The molecule has 2 aromatic heterocycles. The molecule has 4 aliphatic rings. The summed E-state index contributed by atoms with van der Waals surface area (Å²) in [6, 6.07) is 7.00. The van der Waals surface area contributed by atoms with E-state index in [2.05, 4.69) is 9.97 Å². The number of aromatic amines is 1. The molecule has 0 radical (unpaired) electrons. The number of hydrogen-bond donors (Lipinski definition) is 1. The number of nitrogens with zero attached hydrogens (tertiary/aromatic N) is 3. The predicted octanol–water partition coefficient (Wildman–Crippen LogP) is 2.80. The van der Waals surface area contributed by atoms with E-state index in [-0.39, 0.29) is 29.8 Å². The third-order valence-corrected chi connectivity index (χ3v) is 8.32. The van der Waals surface area contributed by atoms with Gasteiger partial charge in [0.1, 0.15) is 6.10 Å². The summed E-state index contributed by atoms with van der Waals surface area (Å²) in [5.74, 6) is 0.943. The minimum Gasteiger partial charge on any atom is -0.474 e. The molecule has 3 saturated heterocycles. The van der Waals surface area contributed by atoms with Crippen LogP contribution in [-0.4, -0.2) is 77.1 Å². The molecule has 10 nitrogen and oxygen atoms in total. The number of fused-ring (bicyclic) bond motifs is 2. The fourth-order valence-corrected chi connectivity index (χ4v) is 6.09. The van der Waals surface area contributed by atoms with Gasteiger partial charge in [-0.3, -0.25) is 14.6 Å². The van der Waals surface area contributed by atoms with Gasteiger partial charge in [0.15, 0.2) is 5.58 Å². The number of hydrogen-bond acceptors (Lipinski definition) is 7. The van der Waals surface area contributed by atoms with Crippen LogP contribution in [0.15, 0.2) is 39.7 Å². The Balaban J connectivity index is 1.01. The first-order chi connectivity index (χ1) is 18.5. The van der Waals surface area contributed by atoms with E-state index in [0.29, 0.717) is 73.4 Å². The molecule has 3 aliphatic heterocycles. The molecule has 4 fully saturated rings.